The van der Waals surface area contributed by atoms with Crippen LogP contribution in [0.1, 0.15) is 0 Å². The molecule has 0 heterocycles. The Bertz CT molecular complexity index is 229. The standard InChI is InChI=1S/CH4F4N3P3/c1-6-11(4,5)8-10(3)7-9-2/h10H,1H3. The molecule has 0 aromatic heterocycles. The first-order valence-corrected chi connectivity index (χ1v) is 5.68. The van der Waals surface area contributed by atoms with E-state index in [9.17, 15) is 16.8 Å². The second kappa shape index (κ2) is 5.02. The molecule has 0 fully saturated rings. The molecule has 1 atom stereocenters. The third-order valence-corrected chi connectivity index (χ3v) is 3.63. The lowest BCUT2D eigenvalue weighted by Gasteiger charge is -1.93. The first kappa shape index (κ1) is 11.3. The monoisotopic (exact) mass is 227 g/mol. The smallest absolute Gasteiger partial charge is 0.230 e. The lowest BCUT2D eigenvalue weighted by Crippen LogP contribution is -1.51. The summed E-state index contributed by atoms with van der Waals surface area (Å²) in [5.74, 6) is 0. The van der Waals surface area contributed by atoms with E-state index in [0.717, 1.165) is 7.05 Å². The fourth-order valence-electron chi connectivity index (χ4n) is 0.195. The molecular formula is CH4F4N3P3. The van der Waals surface area contributed by atoms with Crippen LogP contribution in [0, 0.1) is 0 Å². The zero-order valence-corrected chi connectivity index (χ0v) is 8.04. The van der Waals surface area contributed by atoms with Gasteiger partial charge in [0.1, 0.15) is 0 Å². The summed E-state index contributed by atoms with van der Waals surface area (Å²) in [6.45, 7) is 0. The maximum atomic E-state index is 12.1. The Morgan fingerprint density at radius 3 is 2.36 bits per heavy atom. The van der Waals surface area contributed by atoms with Crippen molar-refractivity contribution in [3.05, 3.63) is 0 Å². The van der Waals surface area contributed by atoms with Crippen LogP contribution in [0.2, 0.25) is 0 Å². The van der Waals surface area contributed by atoms with Crippen molar-refractivity contribution >= 4 is 24.7 Å². The van der Waals surface area contributed by atoms with Gasteiger partial charge >= 0.3 is 7.83 Å². The Morgan fingerprint density at radius 1 is 1.45 bits per heavy atom. The molecule has 0 spiro atoms. The van der Waals surface area contributed by atoms with Crippen molar-refractivity contribution in [2.24, 2.45) is 13.8 Å². The van der Waals surface area contributed by atoms with E-state index in [1.807, 2.05) is 0 Å². The first-order valence-electron chi connectivity index (χ1n) is 2.19. The summed E-state index contributed by atoms with van der Waals surface area (Å²) in [4.78, 5) is 0. The highest BCUT2D eigenvalue weighted by molar-refractivity contribution is 7.61. The summed E-state index contributed by atoms with van der Waals surface area (Å²) < 4.78 is 54.9. The van der Waals surface area contributed by atoms with Crippen molar-refractivity contribution < 1.29 is 16.8 Å². The van der Waals surface area contributed by atoms with E-state index in [1.54, 1.807) is 0 Å². The predicted molar refractivity (Wildman–Crippen MR) is 39.8 cm³/mol. The fraction of sp³-hybridized carbons (Fsp3) is 1.00. The molecule has 11 heavy (non-hydrogen) atoms. The van der Waals surface area contributed by atoms with Crippen molar-refractivity contribution in [1.29, 1.82) is 0 Å². The summed E-state index contributed by atoms with van der Waals surface area (Å²) in [6, 6.07) is 0. The topological polar surface area (TPSA) is 37.1 Å². The second-order valence-electron chi connectivity index (χ2n) is 1.20. The normalized spacial score (nSPS) is 15.7. The zero-order valence-electron chi connectivity index (χ0n) is 5.25. The summed E-state index contributed by atoms with van der Waals surface area (Å²) in [7, 11) is -8.57. The lowest BCUT2D eigenvalue weighted by molar-refractivity contribution is 0.721. The highest BCUT2D eigenvalue weighted by Crippen LogP contribution is 2.60. The fourth-order valence-corrected chi connectivity index (χ4v) is 2.12. The maximum Gasteiger partial charge on any atom is 0.413 e. The van der Waals surface area contributed by atoms with Crippen molar-refractivity contribution in [2.75, 3.05) is 7.05 Å². The highest BCUT2D eigenvalue weighted by atomic mass is 31.2. The van der Waals surface area contributed by atoms with Crippen LogP contribution >= 0.6 is 24.7 Å². The molecule has 0 bridgehead atoms. The van der Waals surface area contributed by atoms with Gasteiger partial charge in [-0.1, -0.05) is 0 Å². The van der Waals surface area contributed by atoms with Crippen LogP contribution in [-0.4, -0.2) is 7.05 Å². The van der Waals surface area contributed by atoms with Crippen molar-refractivity contribution in [1.82, 2.24) is 0 Å². The molecule has 0 amide bonds. The van der Waals surface area contributed by atoms with E-state index in [0.29, 0.717) is 0 Å². The number of halogens is 4. The van der Waals surface area contributed by atoms with E-state index in [-0.39, 0.29) is 0 Å². The van der Waals surface area contributed by atoms with Crippen molar-refractivity contribution in [3.63, 3.8) is 0 Å². The molecule has 3 nitrogen and oxygen atoms in total. The summed E-state index contributed by atoms with van der Waals surface area (Å²) in [5, 5.41) is 0. The van der Waals surface area contributed by atoms with E-state index in [4.69, 9.17) is 0 Å². The van der Waals surface area contributed by atoms with Crippen LogP contribution in [0.15, 0.2) is 13.8 Å². The number of hydrogen-bond donors (Lipinski definition) is 0. The average molecular weight is 227 g/mol. The molecule has 0 aromatic carbocycles. The molecule has 66 valence electrons. The molecule has 0 saturated heterocycles. The third kappa shape index (κ3) is 5.54. The Kier molecular flexibility index (Phi) is 5.15. The van der Waals surface area contributed by atoms with Crippen LogP contribution in [0.25, 0.3) is 0 Å². The van der Waals surface area contributed by atoms with Crippen molar-refractivity contribution in [3.8, 4) is 0 Å². The third-order valence-electron chi connectivity index (χ3n) is 0.564. The average Bonchev–Trinajstić information content (AvgIpc) is 1.87. The quantitative estimate of drug-likeness (QED) is 0.483. The van der Waals surface area contributed by atoms with E-state index in [2.05, 4.69) is 13.8 Å². The minimum Gasteiger partial charge on any atom is -0.230 e. The molecule has 0 radical (unpaired) electrons. The van der Waals surface area contributed by atoms with Gasteiger partial charge in [-0.2, -0.15) is 17.4 Å². The molecule has 10 heteroatoms. The van der Waals surface area contributed by atoms with Crippen LogP contribution in [0.5, 0.6) is 0 Å². The summed E-state index contributed by atoms with van der Waals surface area (Å²) in [5.41, 5.74) is 0. The molecule has 0 rings (SSSR count). The van der Waals surface area contributed by atoms with Gasteiger partial charge in [-0.25, -0.2) is 4.74 Å². The van der Waals surface area contributed by atoms with Gasteiger partial charge in [0.05, 0.1) is 0 Å². The maximum absolute atomic E-state index is 12.1. The van der Waals surface area contributed by atoms with E-state index >= 15 is 0 Å². The molecule has 0 N–H and O–H groups in total. The predicted octanol–water partition coefficient (Wildman–Crippen LogP) is 4.71. The van der Waals surface area contributed by atoms with Crippen LogP contribution in [0.4, 0.5) is 16.8 Å². The van der Waals surface area contributed by atoms with Gasteiger partial charge in [0.25, 0.3) is 0 Å². The molecule has 0 aliphatic rings. The SMILES string of the molecule is CN=P(F)(F)/N=[PH](F)\N=P\F. The van der Waals surface area contributed by atoms with Crippen LogP contribution in [0.3, 0.4) is 0 Å². The van der Waals surface area contributed by atoms with E-state index < -0.39 is 24.7 Å². The summed E-state index contributed by atoms with van der Waals surface area (Å²) in [6.07, 6.45) is 0. The minimum atomic E-state index is -4.85. The van der Waals surface area contributed by atoms with Gasteiger partial charge < -0.3 is 0 Å². The molecule has 0 aliphatic heterocycles. The zero-order chi connectivity index (χ0) is 8.91. The second-order valence-corrected chi connectivity index (χ2v) is 4.80. The van der Waals surface area contributed by atoms with Gasteiger partial charge in [0.15, 0.2) is 0 Å². The Balaban J connectivity index is 4.56. The van der Waals surface area contributed by atoms with E-state index in [1.165, 1.54) is 0 Å². The Hall–Kier alpha value is 0.280. The molecule has 0 aromatic rings. The minimum absolute atomic E-state index is 0.833. The van der Waals surface area contributed by atoms with Gasteiger partial charge in [-0.05, 0) is 0 Å². The number of rotatable bonds is 2. The van der Waals surface area contributed by atoms with Crippen LogP contribution < -0.4 is 0 Å². The molecule has 0 saturated carbocycles. The Morgan fingerprint density at radius 2 is 2.00 bits per heavy atom. The number of hydrogen-bond acceptors (Lipinski definition) is 1. The van der Waals surface area contributed by atoms with Gasteiger partial charge in [-0.15, -0.1) is 8.39 Å². The van der Waals surface area contributed by atoms with Crippen LogP contribution in [-0.2, 0) is 0 Å². The highest BCUT2D eigenvalue weighted by Gasteiger charge is 2.13. The summed E-state index contributed by atoms with van der Waals surface area (Å²) >= 11 is 0. The lowest BCUT2D eigenvalue weighted by atomic mass is 11.6. The van der Waals surface area contributed by atoms with Crippen molar-refractivity contribution in [2.45, 2.75) is 0 Å². The number of nitrogens with zero attached hydrogens (tertiary/aromatic N) is 3. The largest absolute Gasteiger partial charge is 0.413 e. The molecular weight excluding hydrogens is 223 g/mol. The molecule has 1 unspecified atom stereocenters. The molecule has 0 aliphatic carbocycles. The Labute approximate surface area is 63.2 Å². The van der Waals surface area contributed by atoms with Gasteiger partial charge in [0.2, 0.25) is 16.9 Å². The first-order chi connectivity index (χ1) is 5.02. The van der Waals surface area contributed by atoms with Gasteiger partial charge in [0, 0.05) is 7.05 Å². The van der Waals surface area contributed by atoms with Gasteiger partial charge in [-0.3, -0.25) is 0 Å².